The van der Waals surface area contributed by atoms with Crippen LogP contribution in [0, 0.1) is 6.92 Å². The number of carbonyl (C=O) groups is 1. The smallest absolute Gasteiger partial charge is 0.407 e. The average Bonchev–Trinajstić information content (AvgIpc) is 3.21. The lowest BCUT2D eigenvalue weighted by molar-refractivity contribution is 0.142. The van der Waals surface area contributed by atoms with Crippen molar-refractivity contribution in [1.29, 1.82) is 0 Å². The molecule has 0 atom stereocenters. The highest BCUT2D eigenvalue weighted by Gasteiger charge is 2.29. The number of ether oxygens (including phenoxy) is 2. The Balaban J connectivity index is 1.95. The van der Waals surface area contributed by atoms with Crippen molar-refractivity contribution >= 4 is 6.09 Å². The molecule has 0 saturated heterocycles. The molecule has 3 aromatic rings. The summed E-state index contributed by atoms with van der Waals surface area (Å²) < 4.78 is 13.3. The number of rotatable bonds is 4. The number of para-hydroxylation sites is 2. The van der Waals surface area contributed by atoms with Crippen LogP contribution >= 0.6 is 0 Å². The maximum absolute atomic E-state index is 11.7. The highest BCUT2D eigenvalue weighted by atomic mass is 16.5. The van der Waals surface area contributed by atoms with Crippen LogP contribution in [0.15, 0.2) is 48.5 Å². The van der Waals surface area contributed by atoms with Crippen molar-refractivity contribution in [2.45, 2.75) is 20.0 Å². The van der Waals surface area contributed by atoms with E-state index in [2.05, 4.69) is 41.1 Å². The summed E-state index contributed by atoms with van der Waals surface area (Å²) in [4.78, 5) is 11.7. The summed E-state index contributed by atoms with van der Waals surface area (Å²) in [6.45, 7) is 2.31. The summed E-state index contributed by atoms with van der Waals surface area (Å²) in [6, 6.07) is 16.4. The minimum absolute atomic E-state index is 0.209. The van der Waals surface area contributed by atoms with Crippen molar-refractivity contribution in [3.8, 4) is 22.7 Å². The molecule has 2 aromatic carbocycles. The minimum atomic E-state index is -0.438. The number of amides is 1. The number of nitrogens with one attached hydrogen (secondary N) is 1. The van der Waals surface area contributed by atoms with Crippen molar-refractivity contribution in [2.75, 3.05) is 14.2 Å². The fourth-order valence-electron chi connectivity index (χ4n) is 3.84. The molecule has 1 N–H and O–H groups in total. The Morgan fingerprint density at radius 1 is 1.15 bits per heavy atom. The van der Waals surface area contributed by atoms with Gasteiger partial charge in [0, 0.05) is 36.0 Å². The first-order chi connectivity index (χ1) is 13.2. The zero-order chi connectivity index (χ0) is 19.0. The predicted molar refractivity (Wildman–Crippen MR) is 105 cm³/mol. The molecule has 0 radical (unpaired) electrons. The number of alkyl carbamates (subject to hydrolysis) is 1. The fraction of sp³-hybridized carbons (Fsp3) is 0.227. The van der Waals surface area contributed by atoms with E-state index in [-0.39, 0.29) is 6.61 Å². The van der Waals surface area contributed by atoms with Crippen molar-refractivity contribution in [1.82, 2.24) is 9.88 Å². The van der Waals surface area contributed by atoms with E-state index >= 15 is 0 Å². The van der Waals surface area contributed by atoms with Gasteiger partial charge >= 0.3 is 6.09 Å². The van der Waals surface area contributed by atoms with Crippen molar-refractivity contribution in [2.24, 2.45) is 0 Å². The van der Waals surface area contributed by atoms with Gasteiger partial charge in [-0.05, 0) is 36.2 Å². The summed E-state index contributed by atoms with van der Waals surface area (Å²) in [5, 5.41) is 2.51. The summed E-state index contributed by atoms with van der Waals surface area (Å²) in [6.07, 6.45) is 0.427. The maximum atomic E-state index is 11.7. The molecule has 27 heavy (non-hydrogen) atoms. The van der Waals surface area contributed by atoms with Gasteiger partial charge in [0.05, 0.1) is 12.8 Å². The zero-order valence-electron chi connectivity index (χ0n) is 15.7. The second-order valence-electron chi connectivity index (χ2n) is 6.57. The molecular weight excluding hydrogens is 340 g/mol. The highest BCUT2D eigenvalue weighted by molar-refractivity contribution is 5.77. The lowest BCUT2D eigenvalue weighted by Crippen LogP contribution is -2.19. The first-order valence-electron chi connectivity index (χ1n) is 8.95. The summed E-state index contributed by atoms with van der Waals surface area (Å²) in [5.74, 6) is 0.795. The molecule has 1 aliphatic rings. The molecule has 1 aromatic heterocycles. The Bertz CT molecular complexity index is 1020. The van der Waals surface area contributed by atoms with Crippen LogP contribution in [0.1, 0.15) is 22.4 Å². The number of carbonyl (C=O) groups excluding carboxylic acids is 1. The van der Waals surface area contributed by atoms with E-state index in [0.29, 0.717) is 0 Å². The zero-order valence-corrected chi connectivity index (χ0v) is 15.7. The lowest BCUT2D eigenvalue weighted by Gasteiger charge is -2.15. The van der Waals surface area contributed by atoms with Gasteiger partial charge < -0.3 is 19.4 Å². The van der Waals surface area contributed by atoms with E-state index < -0.39 is 6.09 Å². The standard InChI is InChI=1S/C22H22N2O3/c1-14-17(13-27-22(25)23-2)21(16-9-5-7-11-20(16)26-3)24-18-10-6-4-8-15(18)12-19(14)24/h4-11H,12-13H2,1-3H3,(H,23,25). The molecule has 2 heterocycles. The maximum Gasteiger partial charge on any atom is 0.407 e. The molecule has 4 rings (SSSR count). The second-order valence-corrected chi connectivity index (χ2v) is 6.57. The molecule has 0 spiro atoms. The first kappa shape index (κ1) is 17.2. The first-order valence-corrected chi connectivity index (χ1v) is 8.95. The molecule has 0 aliphatic carbocycles. The summed E-state index contributed by atoms with van der Waals surface area (Å²) in [7, 11) is 3.24. The van der Waals surface area contributed by atoms with Gasteiger partial charge in [-0.3, -0.25) is 0 Å². The van der Waals surface area contributed by atoms with E-state index in [1.807, 2.05) is 24.3 Å². The molecule has 5 nitrogen and oxygen atoms in total. The van der Waals surface area contributed by atoms with Gasteiger partial charge in [-0.15, -0.1) is 0 Å². The number of benzene rings is 2. The Morgan fingerprint density at radius 3 is 2.67 bits per heavy atom. The van der Waals surface area contributed by atoms with Gasteiger partial charge in [0.2, 0.25) is 0 Å². The van der Waals surface area contributed by atoms with Crippen LogP contribution in [0.3, 0.4) is 0 Å². The molecule has 0 saturated carbocycles. The number of nitrogens with zero attached hydrogens (tertiary/aromatic N) is 1. The second kappa shape index (κ2) is 6.83. The van der Waals surface area contributed by atoms with Gasteiger partial charge in [-0.1, -0.05) is 30.3 Å². The van der Waals surface area contributed by atoms with Gasteiger partial charge in [0.1, 0.15) is 12.4 Å². The van der Waals surface area contributed by atoms with Crippen LogP contribution in [-0.2, 0) is 17.8 Å². The average molecular weight is 362 g/mol. The fourth-order valence-corrected chi connectivity index (χ4v) is 3.84. The normalized spacial score (nSPS) is 11.7. The van der Waals surface area contributed by atoms with Crippen molar-refractivity contribution in [3.63, 3.8) is 0 Å². The Morgan fingerprint density at radius 2 is 1.89 bits per heavy atom. The largest absolute Gasteiger partial charge is 0.496 e. The summed E-state index contributed by atoms with van der Waals surface area (Å²) >= 11 is 0. The molecule has 5 heteroatoms. The molecule has 0 bridgehead atoms. The van der Waals surface area contributed by atoms with Crippen LogP contribution in [0.25, 0.3) is 16.9 Å². The van der Waals surface area contributed by atoms with E-state index in [9.17, 15) is 4.79 Å². The number of fused-ring (bicyclic) bond motifs is 3. The van der Waals surface area contributed by atoms with E-state index in [4.69, 9.17) is 9.47 Å². The summed E-state index contributed by atoms with van der Waals surface area (Å²) in [5.41, 5.74) is 7.86. The van der Waals surface area contributed by atoms with E-state index in [1.165, 1.54) is 16.9 Å². The number of aromatic nitrogens is 1. The third-order valence-electron chi connectivity index (χ3n) is 5.17. The molecule has 1 amide bonds. The third kappa shape index (κ3) is 2.76. The SMILES string of the molecule is CNC(=O)OCc1c(C)c2n(c1-c1ccccc1OC)-c1ccccc1C2. The number of hydrogen-bond acceptors (Lipinski definition) is 3. The van der Waals surface area contributed by atoms with Gasteiger partial charge in [-0.25, -0.2) is 4.79 Å². The van der Waals surface area contributed by atoms with Gasteiger partial charge in [0.25, 0.3) is 0 Å². The minimum Gasteiger partial charge on any atom is -0.496 e. The van der Waals surface area contributed by atoms with Crippen LogP contribution in [0.5, 0.6) is 5.75 Å². The topological polar surface area (TPSA) is 52.5 Å². The van der Waals surface area contributed by atoms with Crippen molar-refractivity contribution < 1.29 is 14.3 Å². The molecular formula is C22H22N2O3. The Hall–Kier alpha value is -3.21. The van der Waals surface area contributed by atoms with Crippen LogP contribution in [0.4, 0.5) is 4.79 Å². The molecule has 0 fully saturated rings. The highest BCUT2D eigenvalue weighted by Crippen LogP contribution is 2.43. The molecule has 1 aliphatic heterocycles. The quantitative estimate of drug-likeness (QED) is 0.591. The van der Waals surface area contributed by atoms with E-state index in [1.54, 1.807) is 14.2 Å². The van der Waals surface area contributed by atoms with Gasteiger partial charge in [0.15, 0.2) is 0 Å². The number of methoxy groups -OCH3 is 1. The van der Waals surface area contributed by atoms with Crippen LogP contribution in [-0.4, -0.2) is 24.8 Å². The van der Waals surface area contributed by atoms with Crippen LogP contribution in [0.2, 0.25) is 0 Å². The van der Waals surface area contributed by atoms with Crippen molar-refractivity contribution in [3.05, 3.63) is 70.9 Å². The predicted octanol–water partition coefficient (Wildman–Crippen LogP) is 4.22. The Labute approximate surface area is 158 Å². The van der Waals surface area contributed by atoms with E-state index in [0.717, 1.165) is 34.6 Å². The lowest BCUT2D eigenvalue weighted by atomic mass is 10.0. The number of hydrogen-bond donors (Lipinski definition) is 1. The monoisotopic (exact) mass is 362 g/mol. The van der Waals surface area contributed by atoms with Crippen LogP contribution < -0.4 is 10.1 Å². The molecule has 138 valence electrons. The van der Waals surface area contributed by atoms with Gasteiger partial charge in [-0.2, -0.15) is 0 Å². The molecule has 0 unspecified atom stereocenters. The third-order valence-corrected chi connectivity index (χ3v) is 5.17. The Kier molecular flexibility index (Phi) is 4.36.